The number of aryl methyl sites for hydroxylation is 2. The van der Waals surface area contributed by atoms with Gasteiger partial charge in [0.25, 0.3) is 0 Å². The Morgan fingerprint density at radius 3 is 2.22 bits per heavy atom. The number of esters is 1. The molecule has 0 aliphatic rings. The minimum atomic E-state index is -0.898. The van der Waals surface area contributed by atoms with Crippen LogP contribution >= 0.6 is 11.6 Å². The molecule has 3 aromatic carbocycles. The molecule has 7 nitrogen and oxygen atoms in total. The maximum atomic E-state index is 12.2. The summed E-state index contributed by atoms with van der Waals surface area (Å²) in [5.41, 5.74) is 5.54. The average molecular weight is 450 g/mol. The zero-order valence-electron chi connectivity index (χ0n) is 17.4. The van der Waals surface area contributed by atoms with Crippen molar-refractivity contribution in [2.24, 2.45) is 5.10 Å². The molecule has 162 valence electrons. The molecule has 0 saturated carbocycles. The molecule has 3 rings (SSSR count). The highest BCUT2D eigenvalue weighted by atomic mass is 35.5. The molecule has 0 aromatic heterocycles. The molecule has 8 heteroatoms. The fourth-order valence-electron chi connectivity index (χ4n) is 2.86. The Hall–Kier alpha value is -3.97. The average Bonchev–Trinajstić information content (AvgIpc) is 2.74. The number of halogens is 1. The van der Waals surface area contributed by atoms with E-state index in [2.05, 4.69) is 15.8 Å². The molecular weight excluding hydrogens is 430 g/mol. The SMILES string of the molecule is Cc1cc(C)cc(NC(=O)C(=O)N/N=C/c2ccc(OC(=O)c3ccccc3Cl)cc2)c1. The monoisotopic (exact) mass is 449 g/mol. The molecule has 2 N–H and O–H groups in total. The van der Waals surface area contributed by atoms with Gasteiger partial charge in [-0.2, -0.15) is 5.10 Å². The standard InChI is InChI=1S/C24H20ClN3O4/c1-15-11-16(2)13-18(12-15)27-22(29)23(30)28-26-14-17-7-9-19(10-8-17)32-24(31)20-5-3-4-6-21(20)25/h3-14H,1-2H3,(H,27,29)(H,28,30)/b26-14+. The molecule has 0 aliphatic carbocycles. The number of benzene rings is 3. The number of ether oxygens (including phenoxy) is 1. The zero-order chi connectivity index (χ0) is 23.1. The molecule has 2 amide bonds. The summed E-state index contributed by atoms with van der Waals surface area (Å²) >= 11 is 5.99. The van der Waals surface area contributed by atoms with Gasteiger partial charge in [0.1, 0.15) is 5.75 Å². The van der Waals surface area contributed by atoms with Gasteiger partial charge in [0.15, 0.2) is 0 Å². The smallest absolute Gasteiger partial charge is 0.345 e. The third-order valence-corrected chi connectivity index (χ3v) is 4.58. The fourth-order valence-corrected chi connectivity index (χ4v) is 3.07. The molecule has 0 radical (unpaired) electrons. The summed E-state index contributed by atoms with van der Waals surface area (Å²) in [7, 11) is 0. The molecular formula is C24H20ClN3O4. The van der Waals surface area contributed by atoms with Gasteiger partial charge in [-0.1, -0.05) is 29.8 Å². The predicted molar refractivity (Wildman–Crippen MR) is 123 cm³/mol. The van der Waals surface area contributed by atoms with Crippen molar-refractivity contribution in [2.45, 2.75) is 13.8 Å². The summed E-state index contributed by atoms with van der Waals surface area (Å²) in [5, 5.41) is 6.62. The zero-order valence-corrected chi connectivity index (χ0v) is 18.1. The van der Waals surface area contributed by atoms with Gasteiger partial charge in [-0.25, -0.2) is 10.2 Å². The van der Waals surface area contributed by atoms with Gasteiger partial charge >= 0.3 is 17.8 Å². The molecule has 0 aliphatic heterocycles. The van der Waals surface area contributed by atoms with E-state index >= 15 is 0 Å². The highest BCUT2D eigenvalue weighted by molar-refractivity contribution is 6.39. The summed E-state index contributed by atoms with van der Waals surface area (Å²) in [5.74, 6) is -1.97. The molecule has 32 heavy (non-hydrogen) atoms. The number of hydrogen-bond donors (Lipinski definition) is 2. The van der Waals surface area contributed by atoms with Crippen LogP contribution in [0.3, 0.4) is 0 Å². The second-order valence-electron chi connectivity index (χ2n) is 6.97. The van der Waals surface area contributed by atoms with E-state index in [0.29, 0.717) is 22.0 Å². The molecule has 0 spiro atoms. The van der Waals surface area contributed by atoms with E-state index in [1.165, 1.54) is 6.21 Å². The van der Waals surface area contributed by atoms with E-state index in [1.807, 2.05) is 19.9 Å². The lowest BCUT2D eigenvalue weighted by atomic mass is 10.1. The molecule has 0 heterocycles. The van der Waals surface area contributed by atoms with Crippen LogP contribution in [0.5, 0.6) is 5.75 Å². The molecule has 0 fully saturated rings. The number of nitrogens with one attached hydrogen (secondary N) is 2. The second-order valence-corrected chi connectivity index (χ2v) is 7.38. The Bertz CT molecular complexity index is 1170. The predicted octanol–water partition coefficient (Wildman–Crippen LogP) is 4.26. The Morgan fingerprint density at radius 2 is 1.56 bits per heavy atom. The van der Waals surface area contributed by atoms with Crippen molar-refractivity contribution >= 4 is 41.3 Å². The molecule has 0 saturated heterocycles. The molecule has 0 bridgehead atoms. The minimum Gasteiger partial charge on any atom is -0.423 e. The first kappa shape index (κ1) is 22.7. The third kappa shape index (κ3) is 6.26. The van der Waals surface area contributed by atoms with Crippen LogP contribution < -0.4 is 15.5 Å². The van der Waals surface area contributed by atoms with Gasteiger partial charge in [-0.15, -0.1) is 0 Å². The third-order valence-electron chi connectivity index (χ3n) is 4.25. The number of hydrogen-bond acceptors (Lipinski definition) is 5. The number of carbonyl (C=O) groups excluding carboxylic acids is 3. The number of rotatable bonds is 5. The quantitative estimate of drug-likeness (QED) is 0.200. The van der Waals surface area contributed by atoms with Gasteiger partial charge in [0, 0.05) is 5.69 Å². The van der Waals surface area contributed by atoms with E-state index in [0.717, 1.165) is 11.1 Å². The van der Waals surface area contributed by atoms with E-state index in [9.17, 15) is 14.4 Å². The summed E-state index contributed by atoms with van der Waals surface area (Å²) in [4.78, 5) is 36.1. The number of anilines is 1. The number of carbonyl (C=O) groups is 3. The first-order chi connectivity index (χ1) is 15.3. The largest absolute Gasteiger partial charge is 0.423 e. The lowest BCUT2D eigenvalue weighted by molar-refractivity contribution is -0.136. The van der Waals surface area contributed by atoms with Crippen molar-refractivity contribution in [3.63, 3.8) is 0 Å². The van der Waals surface area contributed by atoms with Crippen LogP contribution in [0.1, 0.15) is 27.0 Å². The first-order valence-corrected chi connectivity index (χ1v) is 9.99. The minimum absolute atomic E-state index is 0.265. The van der Waals surface area contributed by atoms with E-state index in [4.69, 9.17) is 16.3 Å². The van der Waals surface area contributed by atoms with Gasteiger partial charge in [-0.05, 0) is 79.1 Å². The van der Waals surface area contributed by atoms with Gasteiger partial charge in [0.05, 0.1) is 16.8 Å². The van der Waals surface area contributed by atoms with Crippen molar-refractivity contribution in [1.82, 2.24) is 5.43 Å². The summed E-state index contributed by atoms with van der Waals surface area (Å²) in [6.45, 7) is 3.80. The van der Waals surface area contributed by atoms with E-state index in [1.54, 1.807) is 60.7 Å². The van der Waals surface area contributed by atoms with Crippen molar-refractivity contribution < 1.29 is 19.1 Å². The molecule has 0 unspecified atom stereocenters. The summed E-state index contributed by atoms with van der Waals surface area (Å²) in [6.07, 6.45) is 1.36. The van der Waals surface area contributed by atoms with E-state index in [-0.39, 0.29) is 5.56 Å². The Balaban J connectivity index is 1.53. The van der Waals surface area contributed by atoms with Crippen molar-refractivity contribution in [1.29, 1.82) is 0 Å². The van der Waals surface area contributed by atoms with Crippen LogP contribution in [-0.2, 0) is 9.59 Å². The highest BCUT2D eigenvalue weighted by Gasteiger charge is 2.14. The van der Waals surface area contributed by atoms with Crippen LogP contribution in [0, 0.1) is 13.8 Å². The molecule has 3 aromatic rings. The summed E-state index contributed by atoms with van der Waals surface area (Å²) in [6, 6.07) is 18.5. The maximum Gasteiger partial charge on any atom is 0.345 e. The van der Waals surface area contributed by atoms with Gasteiger partial charge in [0.2, 0.25) is 0 Å². The highest BCUT2D eigenvalue weighted by Crippen LogP contribution is 2.19. The second kappa shape index (κ2) is 10.4. The Labute approximate surface area is 190 Å². The van der Waals surface area contributed by atoms with Gasteiger partial charge < -0.3 is 10.1 Å². The van der Waals surface area contributed by atoms with Crippen LogP contribution in [-0.4, -0.2) is 24.0 Å². The summed E-state index contributed by atoms with van der Waals surface area (Å²) < 4.78 is 5.29. The topological polar surface area (TPSA) is 96.9 Å². The lowest BCUT2D eigenvalue weighted by Crippen LogP contribution is -2.32. The van der Waals surface area contributed by atoms with Crippen LogP contribution in [0.4, 0.5) is 5.69 Å². The van der Waals surface area contributed by atoms with E-state index < -0.39 is 17.8 Å². The van der Waals surface area contributed by atoms with Crippen molar-refractivity contribution in [3.8, 4) is 5.75 Å². The molecule has 0 atom stereocenters. The number of nitrogens with zero attached hydrogens (tertiary/aromatic N) is 1. The van der Waals surface area contributed by atoms with Crippen molar-refractivity contribution in [2.75, 3.05) is 5.32 Å². The van der Waals surface area contributed by atoms with Crippen LogP contribution in [0.2, 0.25) is 5.02 Å². The Kier molecular flexibility index (Phi) is 7.36. The number of hydrazone groups is 1. The fraction of sp³-hybridized carbons (Fsp3) is 0.0833. The Morgan fingerprint density at radius 1 is 0.906 bits per heavy atom. The van der Waals surface area contributed by atoms with Crippen molar-refractivity contribution in [3.05, 3.63) is 94.0 Å². The van der Waals surface area contributed by atoms with Crippen LogP contribution in [0.25, 0.3) is 0 Å². The normalized spacial score (nSPS) is 10.6. The number of amides is 2. The van der Waals surface area contributed by atoms with Crippen LogP contribution in [0.15, 0.2) is 71.8 Å². The van der Waals surface area contributed by atoms with Gasteiger partial charge in [-0.3, -0.25) is 9.59 Å². The maximum absolute atomic E-state index is 12.2. The first-order valence-electron chi connectivity index (χ1n) is 9.61. The lowest BCUT2D eigenvalue weighted by Gasteiger charge is -2.06.